The zero-order chi connectivity index (χ0) is 14.3. The molecule has 0 amide bonds. The highest BCUT2D eigenvalue weighted by atomic mass is 32.2. The number of thioether (sulfide) groups is 1. The van der Waals surface area contributed by atoms with Crippen LogP contribution in [0.2, 0.25) is 0 Å². The third-order valence-electron chi connectivity index (χ3n) is 2.61. The minimum atomic E-state index is -0.986. The summed E-state index contributed by atoms with van der Waals surface area (Å²) >= 11 is 1.50. The quantitative estimate of drug-likeness (QED) is 0.598. The fourth-order valence-corrected chi connectivity index (χ4v) is 3.44. The molecule has 5 heteroatoms. The number of methoxy groups -OCH3 is 1. The molecule has 0 aliphatic carbocycles. The van der Waals surface area contributed by atoms with Crippen LogP contribution >= 0.6 is 11.8 Å². The van der Waals surface area contributed by atoms with E-state index in [2.05, 4.69) is 0 Å². The summed E-state index contributed by atoms with van der Waals surface area (Å²) in [6.45, 7) is 0. The predicted molar refractivity (Wildman–Crippen MR) is 82.4 cm³/mol. The number of ether oxygens (including phenoxy) is 1. The topological polar surface area (TPSA) is 43.4 Å². The zero-order valence-electron chi connectivity index (χ0n) is 11.3. The zero-order valence-corrected chi connectivity index (χ0v) is 12.9. The lowest BCUT2D eigenvalue weighted by Gasteiger charge is -2.13. The molecule has 2 atom stereocenters. The van der Waals surface area contributed by atoms with Crippen molar-refractivity contribution in [2.75, 3.05) is 19.6 Å². The van der Waals surface area contributed by atoms with Gasteiger partial charge in [0.2, 0.25) is 0 Å². The summed E-state index contributed by atoms with van der Waals surface area (Å²) in [6, 6.07) is 9.57. The number of hydrogen-bond acceptors (Lipinski definition) is 4. The highest BCUT2D eigenvalue weighted by Crippen LogP contribution is 2.22. The van der Waals surface area contributed by atoms with E-state index in [9.17, 15) is 9.00 Å². The Morgan fingerprint density at radius 2 is 2.05 bits per heavy atom. The maximum absolute atomic E-state index is 11.8. The van der Waals surface area contributed by atoms with Gasteiger partial charge in [0.05, 0.1) is 11.7 Å². The van der Waals surface area contributed by atoms with Crippen LogP contribution in [0.3, 0.4) is 0 Å². The van der Waals surface area contributed by atoms with Crippen molar-refractivity contribution in [1.82, 2.24) is 0 Å². The molecule has 0 aromatic heterocycles. The summed E-state index contributed by atoms with van der Waals surface area (Å²) < 4.78 is 16.3. The van der Waals surface area contributed by atoms with E-state index in [0.717, 1.165) is 5.56 Å². The van der Waals surface area contributed by atoms with Gasteiger partial charge in [-0.25, -0.2) is 4.79 Å². The Balaban J connectivity index is 2.99. The molecule has 0 fully saturated rings. The lowest BCUT2D eigenvalue weighted by Crippen LogP contribution is -2.15. The van der Waals surface area contributed by atoms with Crippen molar-refractivity contribution in [3.8, 4) is 0 Å². The molecular formula is C14H18O3S2. The Labute approximate surface area is 120 Å². The molecular weight excluding hydrogens is 280 g/mol. The SMILES string of the molecule is COC(=O)/C(=C\c1ccccc1)CC(SC)S(C)=O. The van der Waals surface area contributed by atoms with Gasteiger partial charge in [-0.3, -0.25) is 4.21 Å². The fraction of sp³-hybridized carbons (Fsp3) is 0.357. The lowest BCUT2D eigenvalue weighted by molar-refractivity contribution is -0.136. The van der Waals surface area contributed by atoms with Gasteiger partial charge in [-0.05, 0) is 17.9 Å². The minimum Gasteiger partial charge on any atom is -0.466 e. The van der Waals surface area contributed by atoms with E-state index < -0.39 is 10.8 Å². The second-order valence-corrected chi connectivity index (χ2v) is 6.84. The molecule has 0 heterocycles. The first-order valence-electron chi connectivity index (χ1n) is 5.77. The van der Waals surface area contributed by atoms with Crippen LogP contribution in [-0.2, 0) is 20.3 Å². The molecule has 19 heavy (non-hydrogen) atoms. The lowest BCUT2D eigenvalue weighted by atomic mass is 10.1. The van der Waals surface area contributed by atoms with Crippen molar-refractivity contribution in [3.05, 3.63) is 41.5 Å². The van der Waals surface area contributed by atoms with Crippen LogP contribution in [0, 0.1) is 0 Å². The van der Waals surface area contributed by atoms with Crippen molar-refractivity contribution in [1.29, 1.82) is 0 Å². The van der Waals surface area contributed by atoms with Gasteiger partial charge in [0.1, 0.15) is 0 Å². The van der Waals surface area contributed by atoms with Gasteiger partial charge in [0.15, 0.2) is 0 Å². The molecule has 104 valence electrons. The third-order valence-corrected chi connectivity index (χ3v) is 5.60. The maximum Gasteiger partial charge on any atom is 0.333 e. The Kier molecular flexibility index (Phi) is 6.87. The van der Waals surface area contributed by atoms with Gasteiger partial charge < -0.3 is 4.74 Å². The van der Waals surface area contributed by atoms with Crippen molar-refractivity contribution in [3.63, 3.8) is 0 Å². The van der Waals surface area contributed by atoms with Gasteiger partial charge >= 0.3 is 5.97 Å². The number of benzene rings is 1. The third kappa shape index (κ3) is 5.20. The summed E-state index contributed by atoms with van der Waals surface area (Å²) in [6.07, 6.45) is 5.77. The molecule has 0 aliphatic rings. The predicted octanol–water partition coefficient (Wildman–Crippen LogP) is 2.70. The number of carbonyl (C=O) groups is 1. The molecule has 0 bridgehead atoms. The molecule has 0 saturated carbocycles. The van der Waals surface area contributed by atoms with Gasteiger partial charge in [0.25, 0.3) is 0 Å². The second kappa shape index (κ2) is 8.17. The average Bonchev–Trinajstić information content (AvgIpc) is 2.43. The smallest absolute Gasteiger partial charge is 0.333 e. The number of esters is 1. The van der Waals surface area contributed by atoms with Crippen LogP contribution in [0.4, 0.5) is 0 Å². The first-order valence-corrected chi connectivity index (χ1v) is 8.68. The van der Waals surface area contributed by atoms with E-state index in [1.54, 1.807) is 12.3 Å². The van der Waals surface area contributed by atoms with Crippen LogP contribution in [0.25, 0.3) is 6.08 Å². The van der Waals surface area contributed by atoms with Crippen molar-refractivity contribution in [2.24, 2.45) is 0 Å². The molecule has 0 N–H and O–H groups in total. The molecule has 1 rings (SSSR count). The van der Waals surface area contributed by atoms with E-state index in [0.29, 0.717) is 12.0 Å². The molecule has 3 nitrogen and oxygen atoms in total. The van der Waals surface area contributed by atoms with Gasteiger partial charge in [0, 0.05) is 29.0 Å². The Morgan fingerprint density at radius 1 is 1.42 bits per heavy atom. The van der Waals surface area contributed by atoms with E-state index in [4.69, 9.17) is 4.74 Å². The molecule has 2 unspecified atom stereocenters. The molecule has 0 saturated heterocycles. The van der Waals surface area contributed by atoms with Crippen LogP contribution in [-0.4, -0.2) is 34.4 Å². The van der Waals surface area contributed by atoms with Crippen molar-refractivity contribution >= 4 is 34.6 Å². The average molecular weight is 298 g/mol. The molecule has 0 aliphatic heterocycles. The fourth-order valence-electron chi connectivity index (χ4n) is 1.60. The molecule has 1 aromatic rings. The van der Waals surface area contributed by atoms with Crippen LogP contribution in [0.5, 0.6) is 0 Å². The minimum absolute atomic E-state index is 0.103. The Bertz CT molecular complexity index is 469. The second-order valence-electron chi connectivity index (χ2n) is 3.94. The summed E-state index contributed by atoms with van der Waals surface area (Å²) in [7, 11) is 0.373. The highest BCUT2D eigenvalue weighted by molar-refractivity contribution is 8.10. The molecule has 1 aromatic carbocycles. The van der Waals surface area contributed by atoms with E-state index in [-0.39, 0.29) is 10.6 Å². The van der Waals surface area contributed by atoms with Crippen LogP contribution < -0.4 is 0 Å². The standard InChI is InChI=1S/C14H18O3S2/c1-17-14(15)12(10-13(18-2)19(3)16)9-11-7-5-4-6-8-11/h4-9,13H,10H2,1-3H3/b12-9-. The molecule has 0 spiro atoms. The highest BCUT2D eigenvalue weighted by Gasteiger charge is 2.19. The van der Waals surface area contributed by atoms with Crippen molar-refractivity contribution in [2.45, 2.75) is 11.0 Å². The van der Waals surface area contributed by atoms with E-state index in [1.807, 2.05) is 36.6 Å². The van der Waals surface area contributed by atoms with E-state index >= 15 is 0 Å². The number of carbonyl (C=O) groups excluding carboxylic acids is 1. The van der Waals surface area contributed by atoms with E-state index in [1.165, 1.54) is 18.9 Å². The Hall–Kier alpha value is -1.07. The largest absolute Gasteiger partial charge is 0.466 e. The van der Waals surface area contributed by atoms with Crippen molar-refractivity contribution < 1.29 is 13.7 Å². The van der Waals surface area contributed by atoms with Gasteiger partial charge in [-0.2, -0.15) is 0 Å². The van der Waals surface area contributed by atoms with Crippen LogP contribution in [0.1, 0.15) is 12.0 Å². The normalized spacial score (nSPS) is 14.8. The van der Waals surface area contributed by atoms with Crippen LogP contribution in [0.15, 0.2) is 35.9 Å². The summed E-state index contributed by atoms with van der Waals surface area (Å²) in [5.41, 5.74) is 1.48. The summed E-state index contributed by atoms with van der Waals surface area (Å²) in [4.78, 5) is 11.8. The Morgan fingerprint density at radius 3 is 2.53 bits per heavy atom. The first kappa shape index (κ1) is 16.0. The monoisotopic (exact) mass is 298 g/mol. The van der Waals surface area contributed by atoms with Gasteiger partial charge in [-0.15, -0.1) is 11.8 Å². The van der Waals surface area contributed by atoms with Gasteiger partial charge in [-0.1, -0.05) is 30.3 Å². The number of rotatable bonds is 6. The maximum atomic E-state index is 11.8. The summed E-state index contributed by atoms with van der Waals surface area (Å²) in [5.74, 6) is -0.367. The first-order chi connectivity index (χ1) is 9.08. The number of hydrogen-bond donors (Lipinski definition) is 0. The molecule has 0 radical (unpaired) electrons. The summed E-state index contributed by atoms with van der Waals surface area (Å²) in [5, 5.41) is 0.